The van der Waals surface area contributed by atoms with Gasteiger partial charge in [0.05, 0.1) is 5.69 Å². The van der Waals surface area contributed by atoms with Crippen molar-refractivity contribution in [3.8, 4) is 0 Å². The molecule has 0 bridgehead atoms. The first-order valence-electron chi connectivity index (χ1n) is 6.99. The Morgan fingerprint density at radius 1 is 1.19 bits per heavy atom. The molecule has 1 aromatic heterocycles. The van der Waals surface area contributed by atoms with Gasteiger partial charge in [0.25, 0.3) is 11.5 Å². The molecule has 1 rings (SSSR count). The third kappa shape index (κ3) is 5.37. The summed E-state index contributed by atoms with van der Waals surface area (Å²) in [5, 5.41) is 17.3. The minimum Gasteiger partial charge on any atom is -0.481 e. The second kappa shape index (κ2) is 8.18. The molecule has 0 saturated heterocycles. The number of nitrogens with zero attached hydrogens (tertiary/aromatic N) is 1. The smallest absolute Gasteiger partial charge is 0.303 e. The molecule has 116 valence electrons. The summed E-state index contributed by atoms with van der Waals surface area (Å²) in [5.41, 5.74) is 0.816. The third-order valence-electron chi connectivity index (χ3n) is 3.30. The highest BCUT2D eigenvalue weighted by atomic mass is 16.4. The van der Waals surface area contributed by atoms with Gasteiger partial charge in [0, 0.05) is 13.0 Å². The molecule has 0 aliphatic rings. The van der Waals surface area contributed by atoms with E-state index in [2.05, 4.69) is 15.5 Å². The maximum Gasteiger partial charge on any atom is 0.303 e. The van der Waals surface area contributed by atoms with Gasteiger partial charge in [0.2, 0.25) is 0 Å². The number of rotatable bonds is 8. The second-order valence-electron chi connectivity index (χ2n) is 4.95. The predicted molar refractivity (Wildman–Crippen MR) is 77.4 cm³/mol. The van der Waals surface area contributed by atoms with Crippen molar-refractivity contribution in [1.82, 2.24) is 15.5 Å². The van der Waals surface area contributed by atoms with Gasteiger partial charge in [-0.05, 0) is 32.3 Å². The number of amides is 1. The molecule has 1 aromatic rings. The Hall–Kier alpha value is -2.18. The van der Waals surface area contributed by atoms with E-state index in [-0.39, 0.29) is 12.0 Å². The molecule has 0 aromatic carbocycles. The summed E-state index contributed by atoms with van der Waals surface area (Å²) in [6, 6.07) is 0. The lowest BCUT2D eigenvalue weighted by atomic mass is 10.1. The zero-order valence-electron chi connectivity index (χ0n) is 12.4. The van der Waals surface area contributed by atoms with E-state index in [1.165, 1.54) is 0 Å². The fourth-order valence-corrected chi connectivity index (χ4v) is 1.94. The Labute approximate surface area is 122 Å². The normalized spacial score (nSPS) is 10.4. The van der Waals surface area contributed by atoms with Crippen molar-refractivity contribution in [2.45, 2.75) is 46.0 Å². The zero-order valence-corrected chi connectivity index (χ0v) is 12.4. The number of hydrogen-bond acceptors (Lipinski definition) is 4. The van der Waals surface area contributed by atoms with Gasteiger partial charge in [-0.1, -0.05) is 12.8 Å². The molecule has 0 atom stereocenters. The number of carboxylic acids is 1. The van der Waals surface area contributed by atoms with Crippen molar-refractivity contribution in [1.29, 1.82) is 0 Å². The van der Waals surface area contributed by atoms with Gasteiger partial charge in [-0.25, -0.2) is 5.10 Å². The maximum atomic E-state index is 12.0. The van der Waals surface area contributed by atoms with E-state index in [1.54, 1.807) is 13.8 Å². The summed E-state index contributed by atoms with van der Waals surface area (Å²) in [6.45, 7) is 3.88. The van der Waals surface area contributed by atoms with Crippen molar-refractivity contribution in [2.75, 3.05) is 6.54 Å². The molecular weight excluding hydrogens is 274 g/mol. The Morgan fingerprint density at radius 2 is 1.86 bits per heavy atom. The topological polar surface area (TPSA) is 112 Å². The average molecular weight is 295 g/mol. The number of hydrogen-bond donors (Lipinski definition) is 3. The first kappa shape index (κ1) is 16.9. The van der Waals surface area contributed by atoms with Crippen molar-refractivity contribution in [3.63, 3.8) is 0 Å². The van der Waals surface area contributed by atoms with E-state index >= 15 is 0 Å². The van der Waals surface area contributed by atoms with Gasteiger partial charge in [-0.2, -0.15) is 5.10 Å². The van der Waals surface area contributed by atoms with Crippen LogP contribution < -0.4 is 10.9 Å². The number of aliphatic carboxylic acids is 1. The molecule has 3 N–H and O–H groups in total. The summed E-state index contributed by atoms with van der Waals surface area (Å²) >= 11 is 0. The van der Waals surface area contributed by atoms with Gasteiger partial charge < -0.3 is 10.4 Å². The quantitative estimate of drug-likeness (QED) is 0.623. The van der Waals surface area contributed by atoms with Crippen molar-refractivity contribution in [2.24, 2.45) is 0 Å². The summed E-state index contributed by atoms with van der Waals surface area (Å²) in [7, 11) is 0. The standard InChI is InChI=1S/C14H21N3O4/c1-9-10(2)16-17-14(21)12(9)13(20)15-8-6-4-3-5-7-11(18)19/h3-8H2,1-2H3,(H,15,20)(H,17,21)(H,18,19). The van der Waals surface area contributed by atoms with E-state index in [0.717, 1.165) is 19.3 Å². The number of unbranched alkanes of at least 4 members (excludes halogenated alkanes) is 3. The first-order chi connectivity index (χ1) is 9.93. The van der Waals surface area contributed by atoms with Gasteiger partial charge in [0.15, 0.2) is 0 Å². The van der Waals surface area contributed by atoms with Crippen LogP contribution in [0.1, 0.15) is 53.7 Å². The van der Waals surface area contributed by atoms with Crippen LogP contribution in [0.5, 0.6) is 0 Å². The molecule has 21 heavy (non-hydrogen) atoms. The lowest BCUT2D eigenvalue weighted by molar-refractivity contribution is -0.137. The minimum absolute atomic E-state index is 0.105. The van der Waals surface area contributed by atoms with Crippen LogP contribution in [-0.4, -0.2) is 33.7 Å². The molecule has 0 fully saturated rings. The number of carbonyl (C=O) groups excluding carboxylic acids is 1. The molecule has 1 amide bonds. The third-order valence-corrected chi connectivity index (χ3v) is 3.30. The lowest BCUT2D eigenvalue weighted by Gasteiger charge is -2.07. The SMILES string of the molecule is Cc1n[nH]c(=O)c(C(=O)NCCCCCCC(=O)O)c1C. The second-order valence-corrected chi connectivity index (χ2v) is 4.95. The van der Waals surface area contributed by atoms with Gasteiger partial charge in [-0.15, -0.1) is 0 Å². The minimum atomic E-state index is -0.786. The van der Waals surface area contributed by atoms with E-state index in [1.807, 2.05) is 0 Å². The van der Waals surface area contributed by atoms with Crippen molar-refractivity contribution >= 4 is 11.9 Å². The molecule has 0 aliphatic heterocycles. The molecular formula is C14H21N3O4. The van der Waals surface area contributed by atoms with Crippen LogP contribution in [0.2, 0.25) is 0 Å². The number of H-pyrrole nitrogens is 1. The Morgan fingerprint density at radius 3 is 2.52 bits per heavy atom. The van der Waals surface area contributed by atoms with Crippen LogP contribution in [0.4, 0.5) is 0 Å². The fourth-order valence-electron chi connectivity index (χ4n) is 1.94. The Bertz CT molecular complexity index is 566. The molecule has 0 spiro atoms. The fraction of sp³-hybridized carbons (Fsp3) is 0.571. The monoisotopic (exact) mass is 295 g/mol. The number of aromatic amines is 1. The van der Waals surface area contributed by atoms with Crippen LogP contribution in [0.25, 0.3) is 0 Å². The highest BCUT2D eigenvalue weighted by Crippen LogP contribution is 2.05. The lowest BCUT2D eigenvalue weighted by Crippen LogP contribution is -2.32. The molecule has 1 heterocycles. The number of aromatic nitrogens is 2. The molecule has 0 saturated carbocycles. The number of carbonyl (C=O) groups is 2. The van der Waals surface area contributed by atoms with Crippen LogP contribution in [0.15, 0.2) is 4.79 Å². The molecule has 0 aliphatic carbocycles. The van der Waals surface area contributed by atoms with Gasteiger partial charge >= 0.3 is 5.97 Å². The predicted octanol–water partition coefficient (Wildman–Crippen LogP) is 1.15. The summed E-state index contributed by atoms with van der Waals surface area (Å²) in [5.74, 6) is -1.18. The van der Waals surface area contributed by atoms with E-state index < -0.39 is 17.4 Å². The highest BCUT2D eigenvalue weighted by Gasteiger charge is 2.15. The largest absolute Gasteiger partial charge is 0.481 e. The van der Waals surface area contributed by atoms with Crippen LogP contribution in [0.3, 0.4) is 0 Å². The number of nitrogens with one attached hydrogen (secondary N) is 2. The van der Waals surface area contributed by atoms with Crippen LogP contribution >= 0.6 is 0 Å². The van der Waals surface area contributed by atoms with Crippen molar-refractivity contribution < 1.29 is 14.7 Å². The van der Waals surface area contributed by atoms with Crippen LogP contribution in [0, 0.1) is 13.8 Å². The first-order valence-corrected chi connectivity index (χ1v) is 6.99. The highest BCUT2D eigenvalue weighted by molar-refractivity contribution is 5.95. The number of aryl methyl sites for hydroxylation is 1. The zero-order chi connectivity index (χ0) is 15.8. The molecule has 7 heteroatoms. The Kier molecular flexibility index (Phi) is 6.58. The summed E-state index contributed by atoms with van der Waals surface area (Å²) in [6.07, 6.45) is 3.24. The van der Waals surface area contributed by atoms with Gasteiger partial charge in [-0.3, -0.25) is 14.4 Å². The number of carboxylic acid groups (broad SMARTS) is 1. The average Bonchev–Trinajstić information content (AvgIpc) is 2.42. The maximum absolute atomic E-state index is 12.0. The summed E-state index contributed by atoms with van der Waals surface area (Å²) < 4.78 is 0. The molecule has 0 unspecified atom stereocenters. The molecule has 0 radical (unpaired) electrons. The molecule has 7 nitrogen and oxygen atoms in total. The van der Waals surface area contributed by atoms with Crippen molar-refractivity contribution in [3.05, 3.63) is 27.2 Å². The van der Waals surface area contributed by atoms with Crippen LogP contribution in [-0.2, 0) is 4.79 Å². The van der Waals surface area contributed by atoms with E-state index in [4.69, 9.17) is 5.11 Å². The summed E-state index contributed by atoms with van der Waals surface area (Å²) in [4.78, 5) is 33.9. The van der Waals surface area contributed by atoms with E-state index in [0.29, 0.717) is 24.2 Å². The Balaban J connectivity index is 2.37. The van der Waals surface area contributed by atoms with Gasteiger partial charge in [0.1, 0.15) is 5.56 Å². The van der Waals surface area contributed by atoms with E-state index in [9.17, 15) is 14.4 Å².